The Bertz CT molecular complexity index is 353. The predicted molar refractivity (Wildman–Crippen MR) is 60.8 cm³/mol. The number of hydrogen-bond donors (Lipinski definition) is 1. The Balaban J connectivity index is 2.02. The van der Waals surface area contributed by atoms with E-state index in [0.29, 0.717) is 19.8 Å². The summed E-state index contributed by atoms with van der Waals surface area (Å²) < 4.78 is 4.97. The van der Waals surface area contributed by atoms with Crippen LogP contribution in [-0.4, -0.2) is 37.7 Å². The SMILES string of the molecule is COCCN1CNC(c2ccccc2)C1=O. The molecule has 0 aromatic heterocycles. The molecule has 1 unspecified atom stereocenters. The minimum atomic E-state index is -0.196. The molecule has 1 aromatic rings. The van der Waals surface area contributed by atoms with Crippen LogP contribution in [-0.2, 0) is 9.53 Å². The van der Waals surface area contributed by atoms with E-state index in [1.807, 2.05) is 30.3 Å². The lowest BCUT2D eigenvalue weighted by molar-refractivity contribution is -0.129. The van der Waals surface area contributed by atoms with Gasteiger partial charge in [-0.1, -0.05) is 30.3 Å². The zero-order valence-electron chi connectivity index (χ0n) is 9.35. The number of nitrogens with one attached hydrogen (secondary N) is 1. The van der Waals surface area contributed by atoms with Crippen LogP contribution in [0.2, 0.25) is 0 Å². The molecule has 1 fully saturated rings. The second kappa shape index (κ2) is 5.09. The van der Waals surface area contributed by atoms with Gasteiger partial charge in [0.05, 0.1) is 13.3 Å². The van der Waals surface area contributed by atoms with Crippen molar-refractivity contribution in [3.63, 3.8) is 0 Å². The summed E-state index contributed by atoms with van der Waals surface area (Å²) in [7, 11) is 1.64. The van der Waals surface area contributed by atoms with Crippen LogP contribution >= 0.6 is 0 Å². The molecule has 1 atom stereocenters. The van der Waals surface area contributed by atoms with Gasteiger partial charge in [-0.15, -0.1) is 0 Å². The van der Waals surface area contributed by atoms with E-state index < -0.39 is 0 Å². The number of carbonyl (C=O) groups is 1. The molecular formula is C12H16N2O2. The fraction of sp³-hybridized carbons (Fsp3) is 0.417. The van der Waals surface area contributed by atoms with Crippen molar-refractivity contribution in [2.45, 2.75) is 6.04 Å². The molecule has 16 heavy (non-hydrogen) atoms. The normalized spacial score (nSPS) is 20.4. The molecule has 4 nitrogen and oxygen atoms in total. The molecule has 1 N–H and O–H groups in total. The van der Waals surface area contributed by atoms with E-state index in [0.717, 1.165) is 5.56 Å². The summed E-state index contributed by atoms with van der Waals surface area (Å²) in [6.45, 7) is 1.82. The van der Waals surface area contributed by atoms with Gasteiger partial charge in [-0.2, -0.15) is 0 Å². The van der Waals surface area contributed by atoms with Gasteiger partial charge in [-0.3, -0.25) is 10.1 Å². The fourth-order valence-corrected chi connectivity index (χ4v) is 1.85. The highest BCUT2D eigenvalue weighted by Gasteiger charge is 2.31. The topological polar surface area (TPSA) is 41.6 Å². The number of benzene rings is 1. The molecule has 1 heterocycles. The van der Waals surface area contributed by atoms with Crippen molar-refractivity contribution in [2.75, 3.05) is 26.9 Å². The molecule has 1 aromatic carbocycles. The van der Waals surface area contributed by atoms with Gasteiger partial charge in [0.2, 0.25) is 5.91 Å². The van der Waals surface area contributed by atoms with E-state index in [1.54, 1.807) is 12.0 Å². The minimum absolute atomic E-state index is 0.128. The van der Waals surface area contributed by atoms with Crippen LogP contribution in [0.1, 0.15) is 11.6 Å². The van der Waals surface area contributed by atoms with Gasteiger partial charge in [-0.25, -0.2) is 0 Å². The van der Waals surface area contributed by atoms with Crippen molar-refractivity contribution in [3.8, 4) is 0 Å². The van der Waals surface area contributed by atoms with Crippen LogP contribution in [0.4, 0.5) is 0 Å². The van der Waals surface area contributed by atoms with Gasteiger partial charge in [0, 0.05) is 13.7 Å². The third-order valence-electron chi connectivity index (χ3n) is 2.74. The maximum Gasteiger partial charge on any atom is 0.245 e. The number of rotatable bonds is 4. The molecule has 4 heteroatoms. The number of methoxy groups -OCH3 is 1. The largest absolute Gasteiger partial charge is 0.383 e. The molecule has 0 radical (unpaired) electrons. The lowest BCUT2D eigenvalue weighted by atomic mass is 10.1. The molecule has 0 aliphatic carbocycles. The van der Waals surface area contributed by atoms with Crippen molar-refractivity contribution in [2.24, 2.45) is 0 Å². The quantitative estimate of drug-likeness (QED) is 0.814. The van der Waals surface area contributed by atoms with E-state index in [2.05, 4.69) is 5.32 Å². The Hall–Kier alpha value is -1.39. The summed E-state index contributed by atoms with van der Waals surface area (Å²) in [5, 5.41) is 3.20. The first kappa shape index (κ1) is 11.1. The molecule has 0 bridgehead atoms. The molecule has 1 aliphatic heterocycles. The Morgan fingerprint density at radius 3 is 2.88 bits per heavy atom. The first-order chi connectivity index (χ1) is 7.83. The Labute approximate surface area is 95.2 Å². The van der Waals surface area contributed by atoms with Crippen LogP contribution in [0.5, 0.6) is 0 Å². The van der Waals surface area contributed by atoms with Crippen molar-refractivity contribution >= 4 is 5.91 Å². The summed E-state index contributed by atoms with van der Waals surface area (Å²) >= 11 is 0. The van der Waals surface area contributed by atoms with E-state index in [-0.39, 0.29) is 11.9 Å². The highest BCUT2D eigenvalue weighted by Crippen LogP contribution is 2.19. The average Bonchev–Trinajstić information content (AvgIpc) is 2.69. The zero-order valence-corrected chi connectivity index (χ0v) is 9.35. The second-order valence-electron chi connectivity index (χ2n) is 3.80. The van der Waals surface area contributed by atoms with Gasteiger partial charge in [0.1, 0.15) is 6.04 Å². The Kier molecular flexibility index (Phi) is 3.54. The smallest absolute Gasteiger partial charge is 0.245 e. The highest BCUT2D eigenvalue weighted by molar-refractivity contribution is 5.85. The third-order valence-corrected chi connectivity index (χ3v) is 2.74. The van der Waals surface area contributed by atoms with Crippen molar-refractivity contribution < 1.29 is 9.53 Å². The lowest BCUT2D eigenvalue weighted by Gasteiger charge is -2.14. The van der Waals surface area contributed by atoms with Crippen molar-refractivity contribution in [1.29, 1.82) is 0 Å². The van der Waals surface area contributed by atoms with Crippen LogP contribution in [0.3, 0.4) is 0 Å². The molecule has 2 rings (SSSR count). The number of hydrogen-bond acceptors (Lipinski definition) is 3. The van der Waals surface area contributed by atoms with Gasteiger partial charge < -0.3 is 9.64 Å². The maximum absolute atomic E-state index is 12.0. The van der Waals surface area contributed by atoms with E-state index in [9.17, 15) is 4.79 Å². The first-order valence-corrected chi connectivity index (χ1v) is 5.39. The van der Waals surface area contributed by atoms with Crippen LogP contribution in [0.15, 0.2) is 30.3 Å². The standard InChI is InChI=1S/C12H16N2O2/c1-16-8-7-14-9-13-11(12(14)15)10-5-3-2-4-6-10/h2-6,11,13H,7-9H2,1H3. The van der Waals surface area contributed by atoms with Crippen LogP contribution in [0, 0.1) is 0 Å². The molecule has 1 aliphatic rings. The molecule has 1 saturated heterocycles. The predicted octanol–water partition coefficient (Wildman–Crippen LogP) is 0.763. The van der Waals surface area contributed by atoms with E-state index >= 15 is 0 Å². The number of carbonyl (C=O) groups excluding carboxylic acids is 1. The molecule has 0 spiro atoms. The van der Waals surface area contributed by atoms with E-state index in [1.165, 1.54) is 0 Å². The monoisotopic (exact) mass is 220 g/mol. The van der Waals surface area contributed by atoms with Crippen LogP contribution in [0.25, 0.3) is 0 Å². The summed E-state index contributed by atoms with van der Waals surface area (Å²) in [5.41, 5.74) is 1.02. The maximum atomic E-state index is 12.0. The molecular weight excluding hydrogens is 204 g/mol. The van der Waals surface area contributed by atoms with Gasteiger partial charge in [0.15, 0.2) is 0 Å². The second-order valence-corrected chi connectivity index (χ2v) is 3.80. The molecule has 0 saturated carbocycles. The summed E-state index contributed by atoms with van der Waals surface area (Å²) in [6.07, 6.45) is 0. The number of amides is 1. The lowest BCUT2D eigenvalue weighted by Crippen LogP contribution is -2.30. The van der Waals surface area contributed by atoms with E-state index in [4.69, 9.17) is 4.74 Å². The summed E-state index contributed by atoms with van der Waals surface area (Å²) in [4.78, 5) is 13.8. The first-order valence-electron chi connectivity index (χ1n) is 5.39. The average molecular weight is 220 g/mol. The van der Waals surface area contributed by atoms with Crippen LogP contribution < -0.4 is 5.32 Å². The zero-order chi connectivity index (χ0) is 11.4. The Morgan fingerprint density at radius 2 is 2.19 bits per heavy atom. The number of ether oxygens (including phenoxy) is 1. The number of nitrogens with zero attached hydrogens (tertiary/aromatic N) is 1. The van der Waals surface area contributed by atoms with Gasteiger partial charge in [-0.05, 0) is 5.56 Å². The summed E-state index contributed by atoms with van der Waals surface area (Å²) in [5.74, 6) is 0.128. The van der Waals surface area contributed by atoms with Gasteiger partial charge >= 0.3 is 0 Å². The third kappa shape index (κ3) is 2.23. The minimum Gasteiger partial charge on any atom is -0.383 e. The Morgan fingerprint density at radius 1 is 1.44 bits per heavy atom. The van der Waals surface area contributed by atoms with Crippen molar-refractivity contribution in [3.05, 3.63) is 35.9 Å². The fourth-order valence-electron chi connectivity index (χ4n) is 1.85. The highest BCUT2D eigenvalue weighted by atomic mass is 16.5. The molecule has 86 valence electrons. The summed E-state index contributed by atoms with van der Waals surface area (Å²) in [6, 6.07) is 9.58. The van der Waals surface area contributed by atoms with Crippen molar-refractivity contribution in [1.82, 2.24) is 10.2 Å². The van der Waals surface area contributed by atoms with Gasteiger partial charge in [0.25, 0.3) is 0 Å². The molecule has 1 amide bonds.